The summed E-state index contributed by atoms with van der Waals surface area (Å²) < 4.78 is 41.0. The molecule has 86 valence electrons. The molecule has 0 aromatic heterocycles. The van der Waals surface area contributed by atoms with Gasteiger partial charge in [-0.05, 0) is 42.2 Å². The normalized spacial score (nSPS) is 11.8. The molecule has 0 atom stereocenters. The van der Waals surface area contributed by atoms with Crippen LogP contribution >= 0.6 is 0 Å². The van der Waals surface area contributed by atoms with Gasteiger partial charge in [0.2, 0.25) is 0 Å². The highest BCUT2D eigenvalue weighted by Crippen LogP contribution is 2.51. The zero-order chi connectivity index (χ0) is 12.3. The first-order valence-electron chi connectivity index (χ1n) is 5.30. The van der Waals surface area contributed by atoms with Crippen molar-refractivity contribution in [2.75, 3.05) is 0 Å². The average molecular weight is 234 g/mol. The fourth-order valence-electron chi connectivity index (χ4n) is 2.30. The van der Waals surface area contributed by atoms with Crippen molar-refractivity contribution < 1.29 is 13.2 Å². The van der Waals surface area contributed by atoms with Gasteiger partial charge in [0.1, 0.15) is 5.82 Å². The molecule has 0 bridgehead atoms. The highest BCUT2D eigenvalue weighted by Gasteiger charge is 2.32. The second kappa shape index (κ2) is 3.13. The first-order valence-corrected chi connectivity index (χ1v) is 5.30. The van der Waals surface area contributed by atoms with Gasteiger partial charge in [0.25, 0.3) is 0 Å². The zero-order valence-corrected chi connectivity index (χ0v) is 9.37. The molecule has 2 aromatic carbocycles. The Morgan fingerprint density at radius 3 is 2.06 bits per heavy atom. The Bertz CT molecular complexity index is 657. The lowest BCUT2D eigenvalue weighted by Gasteiger charge is -2.26. The van der Waals surface area contributed by atoms with E-state index >= 15 is 0 Å². The van der Waals surface area contributed by atoms with Crippen LogP contribution in [0.15, 0.2) is 18.2 Å². The molecule has 0 amide bonds. The van der Waals surface area contributed by atoms with Crippen LogP contribution in [-0.2, 0) is 0 Å². The Balaban J connectivity index is 2.37. The third kappa shape index (κ3) is 1.14. The summed E-state index contributed by atoms with van der Waals surface area (Å²) in [6.45, 7) is 3.11. The number of aryl methyl sites for hydroxylation is 2. The van der Waals surface area contributed by atoms with Gasteiger partial charge in [0.15, 0.2) is 11.6 Å². The molecule has 3 rings (SSSR count). The number of hydrogen-bond acceptors (Lipinski definition) is 0. The summed E-state index contributed by atoms with van der Waals surface area (Å²) in [7, 11) is 0. The Morgan fingerprint density at radius 1 is 0.706 bits per heavy atom. The van der Waals surface area contributed by atoms with Crippen molar-refractivity contribution in [1.82, 2.24) is 0 Å². The van der Waals surface area contributed by atoms with E-state index in [0.717, 1.165) is 0 Å². The molecule has 0 heterocycles. The van der Waals surface area contributed by atoms with Gasteiger partial charge in [0.05, 0.1) is 0 Å². The van der Waals surface area contributed by atoms with Crippen LogP contribution in [0.5, 0.6) is 0 Å². The zero-order valence-electron chi connectivity index (χ0n) is 9.37. The van der Waals surface area contributed by atoms with E-state index in [1.54, 1.807) is 25.1 Å². The number of rotatable bonds is 0. The molecule has 3 heteroatoms. The van der Waals surface area contributed by atoms with Crippen LogP contribution in [0, 0.1) is 31.3 Å². The van der Waals surface area contributed by atoms with Gasteiger partial charge in [0, 0.05) is 11.1 Å². The maximum atomic E-state index is 13.8. The SMILES string of the molecule is Cc1cc2c(c(F)c1F)-c1c-2ccc(C)c1F. The predicted octanol–water partition coefficient (Wildman–Crippen LogP) is 4.37. The minimum absolute atomic E-state index is 0.0734. The fourth-order valence-corrected chi connectivity index (χ4v) is 2.30. The van der Waals surface area contributed by atoms with Crippen LogP contribution in [0.1, 0.15) is 11.1 Å². The average Bonchev–Trinajstić information content (AvgIpc) is 2.28. The lowest BCUT2D eigenvalue weighted by Crippen LogP contribution is -2.08. The minimum Gasteiger partial charge on any atom is -0.206 e. The molecular formula is C14H9F3. The molecule has 0 N–H and O–H groups in total. The summed E-state index contributed by atoms with van der Waals surface area (Å²) in [5.41, 5.74) is 2.21. The first-order chi connectivity index (χ1) is 8.02. The quantitative estimate of drug-likeness (QED) is 0.542. The molecule has 1 aliphatic rings. The van der Waals surface area contributed by atoms with Gasteiger partial charge in [-0.3, -0.25) is 0 Å². The highest BCUT2D eigenvalue weighted by atomic mass is 19.2. The lowest BCUT2D eigenvalue weighted by molar-refractivity contribution is 0.504. The van der Waals surface area contributed by atoms with Gasteiger partial charge in [-0.2, -0.15) is 0 Å². The van der Waals surface area contributed by atoms with E-state index in [1.807, 2.05) is 0 Å². The molecule has 0 fully saturated rings. The molecule has 0 unspecified atom stereocenters. The van der Waals surface area contributed by atoms with Gasteiger partial charge in [-0.1, -0.05) is 12.1 Å². The second-order valence-electron chi connectivity index (χ2n) is 4.36. The molecule has 17 heavy (non-hydrogen) atoms. The van der Waals surface area contributed by atoms with E-state index in [0.29, 0.717) is 16.7 Å². The molecule has 0 radical (unpaired) electrons. The van der Waals surface area contributed by atoms with Crippen molar-refractivity contribution in [1.29, 1.82) is 0 Å². The van der Waals surface area contributed by atoms with Gasteiger partial charge < -0.3 is 0 Å². The largest absolute Gasteiger partial charge is 0.206 e. The van der Waals surface area contributed by atoms with E-state index in [1.165, 1.54) is 6.92 Å². The molecule has 1 aliphatic carbocycles. The number of benzene rings is 2. The summed E-state index contributed by atoms with van der Waals surface area (Å²) in [5, 5.41) is 0. The van der Waals surface area contributed by atoms with E-state index in [9.17, 15) is 13.2 Å². The number of halogens is 3. The molecule has 0 spiro atoms. The Morgan fingerprint density at radius 2 is 1.35 bits per heavy atom. The van der Waals surface area contributed by atoms with Crippen LogP contribution in [0.3, 0.4) is 0 Å². The third-order valence-electron chi connectivity index (χ3n) is 3.26. The number of hydrogen-bond donors (Lipinski definition) is 0. The van der Waals surface area contributed by atoms with Crippen LogP contribution in [0.2, 0.25) is 0 Å². The van der Waals surface area contributed by atoms with Crippen LogP contribution in [-0.4, -0.2) is 0 Å². The van der Waals surface area contributed by atoms with Gasteiger partial charge >= 0.3 is 0 Å². The molecule has 0 nitrogen and oxygen atoms in total. The minimum atomic E-state index is -0.947. The van der Waals surface area contributed by atoms with E-state index in [2.05, 4.69) is 0 Å². The third-order valence-corrected chi connectivity index (χ3v) is 3.26. The number of fused-ring (bicyclic) bond motifs is 4. The highest BCUT2D eigenvalue weighted by molar-refractivity contribution is 6.03. The van der Waals surface area contributed by atoms with Crippen molar-refractivity contribution in [2.45, 2.75) is 13.8 Å². The van der Waals surface area contributed by atoms with Crippen molar-refractivity contribution in [3.05, 3.63) is 46.8 Å². The van der Waals surface area contributed by atoms with Crippen molar-refractivity contribution in [2.24, 2.45) is 0 Å². The van der Waals surface area contributed by atoms with Gasteiger partial charge in [-0.15, -0.1) is 0 Å². The van der Waals surface area contributed by atoms with Crippen molar-refractivity contribution in [3.63, 3.8) is 0 Å². The maximum Gasteiger partial charge on any atom is 0.167 e. The molecule has 0 aliphatic heterocycles. The maximum absolute atomic E-state index is 13.8. The van der Waals surface area contributed by atoms with Crippen LogP contribution < -0.4 is 0 Å². The molecule has 0 saturated heterocycles. The van der Waals surface area contributed by atoms with E-state index < -0.39 is 17.5 Å². The van der Waals surface area contributed by atoms with Crippen molar-refractivity contribution in [3.8, 4) is 22.3 Å². The standard InChI is InChI=1S/C14H9F3/c1-6-3-4-8-9-5-7(2)13(16)14(17)11(9)10(8)12(6)15/h3-5H,1-2H3. The first kappa shape index (κ1) is 10.4. The van der Waals surface area contributed by atoms with Crippen molar-refractivity contribution >= 4 is 0 Å². The summed E-state index contributed by atoms with van der Waals surface area (Å²) in [5.74, 6) is -2.30. The predicted molar refractivity (Wildman–Crippen MR) is 60.2 cm³/mol. The van der Waals surface area contributed by atoms with E-state index in [-0.39, 0.29) is 16.7 Å². The Hall–Kier alpha value is -1.77. The summed E-state index contributed by atoms with van der Waals surface area (Å²) in [6.07, 6.45) is 0. The second-order valence-corrected chi connectivity index (χ2v) is 4.36. The smallest absolute Gasteiger partial charge is 0.167 e. The van der Waals surface area contributed by atoms with Crippen LogP contribution in [0.25, 0.3) is 22.3 Å². The Labute approximate surface area is 96.7 Å². The lowest BCUT2D eigenvalue weighted by atomic mass is 9.78. The molecular weight excluding hydrogens is 225 g/mol. The fraction of sp³-hybridized carbons (Fsp3) is 0.143. The topological polar surface area (TPSA) is 0 Å². The summed E-state index contributed by atoms with van der Waals surface area (Å²) in [4.78, 5) is 0. The molecule has 0 saturated carbocycles. The molecule has 2 aromatic rings. The Kier molecular flexibility index (Phi) is 1.91. The van der Waals surface area contributed by atoms with Gasteiger partial charge in [-0.25, -0.2) is 13.2 Å². The summed E-state index contributed by atoms with van der Waals surface area (Å²) >= 11 is 0. The van der Waals surface area contributed by atoms with Crippen LogP contribution in [0.4, 0.5) is 13.2 Å². The summed E-state index contributed by atoms with van der Waals surface area (Å²) in [6, 6.07) is 4.95. The monoisotopic (exact) mass is 234 g/mol. The van der Waals surface area contributed by atoms with E-state index in [4.69, 9.17) is 0 Å².